The Hall–Kier alpha value is -0.800. The first-order valence-corrected chi connectivity index (χ1v) is 4.94. The SMILES string of the molecule is CCCCc1cnc(CO)cc1OC.Cl. The number of nitrogens with zero attached hydrogens (tertiary/aromatic N) is 1. The van der Waals surface area contributed by atoms with Crippen LogP contribution in [0.5, 0.6) is 5.75 Å². The smallest absolute Gasteiger partial charge is 0.125 e. The number of unbranched alkanes of at least 4 members (excludes halogenated alkanes) is 1. The molecule has 0 aliphatic heterocycles. The van der Waals surface area contributed by atoms with Gasteiger partial charge in [0.05, 0.1) is 19.4 Å². The first-order valence-electron chi connectivity index (χ1n) is 4.94. The zero-order valence-electron chi connectivity index (χ0n) is 9.19. The monoisotopic (exact) mass is 231 g/mol. The van der Waals surface area contributed by atoms with E-state index in [1.807, 2.05) is 0 Å². The quantitative estimate of drug-likeness (QED) is 0.846. The molecule has 0 bridgehead atoms. The topological polar surface area (TPSA) is 42.4 Å². The Morgan fingerprint density at radius 2 is 2.20 bits per heavy atom. The highest BCUT2D eigenvalue weighted by molar-refractivity contribution is 5.85. The van der Waals surface area contributed by atoms with Crippen LogP contribution in [0.25, 0.3) is 0 Å². The lowest BCUT2D eigenvalue weighted by Crippen LogP contribution is -1.97. The van der Waals surface area contributed by atoms with Gasteiger partial charge in [0, 0.05) is 17.8 Å². The first-order chi connectivity index (χ1) is 6.81. The van der Waals surface area contributed by atoms with E-state index in [0.29, 0.717) is 5.69 Å². The number of methoxy groups -OCH3 is 1. The van der Waals surface area contributed by atoms with Gasteiger partial charge in [0.1, 0.15) is 5.75 Å². The highest BCUT2D eigenvalue weighted by Crippen LogP contribution is 2.20. The van der Waals surface area contributed by atoms with Crippen LogP contribution in [0.15, 0.2) is 12.3 Å². The van der Waals surface area contributed by atoms with Crippen molar-refractivity contribution in [3.63, 3.8) is 0 Å². The van der Waals surface area contributed by atoms with Gasteiger partial charge in [-0.3, -0.25) is 4.98 Å². The summed E-state index contributed by atoms with van der Waals surface area (Å²) in [7, 11) is 1.64. The predicted molar refractivity (Wildman–Crippen MR) is 62.6 cm³/mol. The van der Waals surface area contributed by atoms with Gasteiger partial charge in [-0.1, -0.05) is 13.3 Å². The van der Waals surface area contributed by atoms with Crippen molar-refractivity contribution in [3.8, 4) is 5.75 Å². The minimum atomic E-state index is -0.0373. The van der Waals surface area contributed by atoms with Gasteiger partial charge in [-0.25, -0.2) is 0 Å². The molecule has 15 heavy (non-hydrogen) atoms. The van der Waals surface area contributed by atoms with Crippen LogP contribution in [0, 0.1) is 0 Å². The number of hydrogen-bond acceptors (Lipinski definition) is 3. The Labute approximate surface area is 96.9 Å². The Morgan fingerprint density at radius 1 is 1.47 bits per heavy atom. The molecular weight excluding hydrogens is 214 g/mol. The summed E-state index contributed by atoms with van der Waals surface area (Å²) >= 11 is 0. The summed E-state index contributed by atoms with van der Waals surface area (Å²) in [6.45, 7) is 2.12. The standard InChI is InChI=1S/C11H17NO2.ClH/c1-3-4-5-9-7-12-10(8-13)6-11(9)14-2;/h6-7,13H,3-5,8H2,1-2H3;1H. The van der Waals surface area contributed by atoms with E-state index in [9.17, 15) is 0 Å². The van der Waals surface area contributed by atoms with Crippen molar-refractivity contribution in [3.05, 3.63) is 23.5 Å². The van der Waals surface area contributed by atoms with E-state index in [2.05, 4.69) is 11.9 Å². The molecule has 0 saturated carbocycles. The summed E-state index contributed by atoms with van der Waals surface area (Å²) in [6.07, 6.45) is 5.07. The molecule has 1 heterocycles. The van der Waals surface area contributed by atoms with Crippen molar-refractivity contribution in [2.24, 2.45) is 0 Å². The molecule has 3 nitrogen and oxygen atoms in total. The van der Waals surface area contributed by atoms with E-state index >= 15 is 0 Å². The zero-order chi connectivity index (χ0) is 10.4. The second kappa shape index (κ2) is 7.49. The largest absolute Gasteiger partial charge is 0.496 e. The molecule has 4 heteroatoms. The normalized spacial score (nSPS) is 9.53. The van der Waals surface area contributed by atoms with E-state index in [1.54, 1.807) is 19.4 Å². The van der Waals surface area contributed by atoms with Crippen molar-refractivity contribution in [1.29, 1.82) is 0 Å². The highest BCUT2D eigenvalue weighted by atomic mass is 35.5. The number of pyridine rings is 1. The Morgan fingerprint density at radius 3 is 2.73 bits per heavy atom. The summed E-state index contributed by atoms with van der Waals surface area (Å²) < 4.78 is 5.23. The van der Waals surface area contributed by atoms with Crippen molar-refractivity contribution in [1.82, 2.24) is 4.98 Å². The van der Waals surface area contributed by atoms with E-state index in [0.717, 1.165) is 30.6 Å². The molecule has 1 rings (SSSR count). The van der Waals surface area contributed by atoms with Gasteiger partial charge in [-0.15, -0.1) is 12.4 Å². The number of rotatable bonds is 5. The molecule has 0 saturated heterocycles. The molecule has 0 fully saturated rings. The van der Waals surface area contributed by atoms with Crippen LogP contribution in [0.4, 0.5) is 0 Å². The zero-order valence-corrected chi connectivity index (χ0v) is 10.0. The lowest BCUT2D eigenvalue weighted by atomic mass is 10.1. The van der Waals surface area contributed by atoms with Crippen LogP contribution >= 0.6 is 12.4 Å². The number of aliphatic hydroxyl groups excluding tert-OH is 1. The number of ether oxygens (including phenoxy) is 1. The number of aromatic nitrogens is 1. The summed E-state index contributed by atoms with van der Waals surface area (Å²) in [5.41, 5.74) is 1.77. The number of hydrogen-bond donors (Lipinski definition) is 1. The molecule has 0 atom stereocenters. The van der Waals surface area contributed by atoms with Gasteiger partial charge < -0.3 is 9.84 Å². The fraction of sp³-hybridized carbons (Fsp3) is 0.545. The van der Waals surface area contributed by atoms with Crippen LogP contribution in [-0.4, -0.2) is 17.2 Å². The molecule has 1 aromatic rings. The maximum absolute atomic E-state index is 8.91. The third-order valence-corrected chi connectivity index (χ3v) is 2.18. The maximum atomic E-state index is 8.91. The molecular formula is C11H18ClNO2. The maximum Gasteiger partial charge on any atom is 0.125 e. The van der Waals surface area contributed by atoms with Gasteiger partial charge in [0.15, 0.2) is 0 Å². The Bertz CT molecular complexity index is 292. The van der Waals surface area contributed by atoms with Gasteiger partial charge in [-0.05, 0) is 12.8 Å². The van der Waals surface area contributed by atoms with Crippen molar-refractivity contribution < 1.29 is 9.84 Å². The molecule has 1 aromatic heterocycles. The minimum absolute atomic E-state index is 0. The first kappa shape index (κ1) is 14.2. The molecule has 0 aliphatic rings. The van der Waals surface area contributed by atoms with Crippen molar-refractivity contribution >= 4 is 12.4 Å². The molecule has 0 unspecified atom stereocenters. The molecule has 0 radical (unpaired) electrons. The molecule has 0 amide bonds. The summed E-state index contributed by atoms with van der Waals surface area (Å²) in [4.78, 5) is 4.13. The second-order valence-electron chi connectivity index (χ2n) is 3.25. The predicted octanol–water partition coefficient (Wildman–Crippen LogP) is 2.35. The van der Waals surface area contributed by atoms with Crippen LogP contribution in [0.1, 0.15) is 31.0 Å². The summed E-state index contributed by atoms with van der Waals surface area (Å²) in [6, 6.07) is 1.80. The third-order valence-electron chi connectivity index (χ3n) is 2.18. The lowest BCUT2D eigenvalue weighted by Gasteiger charge is -2.08. The van der Waals surface area contributed by atoms with Gasteiger partial charge in [-0.2, -0.15) is 0 Å². The minimum Gasteiger partial charge on any atom is -0.496 e. The van der Waals surface area contributed by atoms with Gasteiger partial charge in [0.25, 0.3) is 0 Å². The van der Waals surface area contributed by atoms with Crippen molar-refractivity contribution in [2.45, 2.75) is 32.8 Å². The number of aliphatic hydroxyl groups is 1. The van der Waals surface area contributed by atoms with E-state index in [-0.39, 0.29) is 19.0 Å². The van der Waals surface area contributed by atoms with Crippen molar-refractivity contribution in [2.75, 3.05) is 7.11 Å². The molecule has 1 N–H and O–H groups in total. The highest BCUT2D eigenvalue weighted by Gasteiger charge is 2.04. The van der Waals surface area contributed by atoms with E-state index in [1.165, 1.54) is 0 Å². The van der Waals surface area contributed by atoms with Gasteiger partial charge >= 0.3 is 0 Å². The van der Waals surface area contributed by atoms with Gasteiger partial charge in [0.2, 0.25) is 0 Å². The average molecular weight is 232 g/mol. The van der Waals surface area contributed by atoms with Crippen LogP contribution < -0.4 is 4.74 Å². The Balaban J connectivity index is 0.00000196. The lowest BCUT2D eigenvalue weighted by molar-refractivity contribution is 0.275. The number of halogens is 1. The van der Waals surface area contributed by atoms with E-state index < -0.39 is 0 Å². The fourth-order valence-electron chi connectivity index (χ4n) is 1.34. The third kappa shape index (κ3) is 4.06. The molecule has 0 aliphatic carbocycles. The average Bonchev–Trinajstić information content (AvgIpc) is 2.26. The van der Waals surface area contributed by atoms with Crippen LogP contribution in [0.3, 0.4) is 0 Å². The number of aryl methyl sites for hydroxylation is 1. The molecule has 0 spiro atoms. The van der Waals surface area contributed by atoms with Crippen LogP contribution in [-0.2, 0) is 13.0 Å². The fourth-order valence-corrected chi connectivity index (χ4v) is 1.34. The summed E-state index contributed by atoms with van der Waals surface area (Å²) in [5.74, 6) is 0.831. The van der Waals surface area contributed by atoms with Crippen LogP contribution in [0.2, 0.25) is 0 Å². The summed E-state index contributed by atoms with van der Waals surface area (Å²) in [5, 5.41) is 8.91. The molecule has 86 valence electrons. The Kier molecular flexibility index (Phi) is 7.09. The van der Waals surface area contributed by atoms with E-state index in [4.69, 9.17) is 9.84 Å². The molecule has 0 aromatic carbocycles. The second-order valence-corrected chi connectivity index (χ2v) is 3.25.